The number of carbonyl (C=O) groups is 1. The van der Waals surface area contributed by atoms with Gasteiger partial charge in [-0.05, 0) is 19.4 Å². The molecule has 0 aliphatic rings. The van der Waals surface area contributed by atoms with Crippen LogP contribution in [0.15, 0.2) is 0 Å². The van der Waals surface area contributed by atoms with Gasteiger partial charge in [0.05, 0.1) is 0 Å². The number of aliphatic carboxylic acids is 1. The fourth-order valence-corrected chi connectivity index (χ4v) is 1.89. The van der Waals surface area contributed by atoms with E-state index in [0.29, 0.717) is 0 Å². The summed E-state index contributed by atoms with van der Waals surface area (Å²) in [6, 6.07) is -0.392. The molecule has 90 valence electrons. The first-order chi connectivity index (χ1) is 7.13. The third-order valence-electron chi connectivity index (χ3n) is 2.91. The van der Waals surface area contributed by atoms with Gasteiger partial charge in [-0.2, -0.15) is 0 Å². The number of hydrogen-bond acceptors (Lipinski definition) is 2. The first-order valence-corrected chi connectivity index (χ1v) is 6.03. The van der Waals surface area contributed by atoms with E-state index in [4.69, 9.17) is 5.11 Å². The van der Waals surface area contributed by atoms with Crippen molar-refractivity contribution in [1.82, 2.24) is 5.32 Å². The molecule has 0 saturated carbocycles. The number of nitrogens with one attached hydrogen (secondary N) is 1. The van der Waals surface area contributed by atoms with Crippen LogP contribution in [0, 0.1) is 5.92 Å². The van der Waals surface area contributed by atoms with Gasteiger partial charge in [-0.25, -0.2) is 0 Å². The van der Waals surface area contributed by atoms with Crippen molar-refractivity contribution in [1.29, 1.82) is 0 Å². The van der Waals surface area contributed by atoms with E-state index in [2.05, 4.69) is 12.2 Å². The molecule has 15 heavy (non-hydrogen) atoms. The third kappa shape index (κ3) is 6.50. The summed E-state index contributed by atoms with van der Waals surface area (Å²) >= 11 is 0. The number of unbranched alkanes of at least 4 members (excludes halogenated alkanes) is 4. The Hall–Kier alpha value is -0.570. The Morgan fingerprint density at radius 1 is 1.27 bits per heavy atom. The van der Waals surface area contributed by atoms with E-state index in [9.17, 15) is 4.79 Å². The molecule has 0 heterocycles. The largest absolute Gasteiger partial charge is 0.480 e. The maximum Gasteiger partial charge on any atom is 0.320 e. The molecule has 0 aliphatic heterocycles. The number of rotatable bonds is 9. The van der Waals surface area contributed by atoms with Crippen LogP contribution in [0.4, 0.5) is 0 Å². The van der Waals surface area contributed by atoms with Crippen LogP contribution in [-0.2, 0) is 4.79 Å². The number of likely N-dealkylation sites (N-methyl/N-ethyl adjacent to an activating group) is 1. The number of carboxylic acids is 1. The van der Waals surface area contributed by atoms with Crippen molar-refractivity contribution in [2.75, 3.05) is 7.05 Å². The highest BCUT2D eigenvalue weighted by Crippen LogP contribution is 2.14. The molecule has 3 nitrogen and oxygen atoms in total. The van der Waals surface area contributed by atoms with Crippen LogP contribution in [0.25, 0.3) is 0 Å². The van der Waals surface area contributed by atoms with Gasteiger partial charge in [-0.1, -0.05) is 46.0 Å². The fraction of sp³-hybridized carbons (Fsp3) is 0.917. The Kier molecular flexibility index (Phi) is 8.38. The zero-order valence-corrected chi connectivity index (χ0v) is 10.3. The molecule has 0 aliphatic carbocycles. The van der Waals surface area contributed by atoms with Crippen molar-refractivity contribution < 1.29 is 9.90 Å². The van der Waals surface area contributed by atoms with Gasteiger partial charge < -0.3 is 10.4 Å². The first-order valence-electron chi connectivity index (χ1n) is 6.03. The van der Waals surface area contributed by atoms with Crippen molar-refractivity contribution in [2.24, 2.45) is 5.92 Å². The average Bonchev–Trinajstić information content (AvgIpc) is 2.18. The summed E-state index contributed by atoms with van der Waals surface area (Å²) in [6.07, 6.45) is 7.20. The molecule has 0 fully saturated rings. The van der Waals surface area contributed by atoms with Crippen LogP contribution in [0.1, 0.15) is 52.4 Å². The topological polar surface area (TPSA) is 49.3 Å². The predicted octanol–water partition coefficient (Wildman–Crippen LogP) is 2.66. The summed E-state index contributed by atoms with van der Waals surface area (Å²) in [5.41, 5.74) is 0. The standard InChI is InChI=1S/C12H25NO2/c1-4-5-6-7-8-9-10(2)11(13-3)12(14)15/h10-11,13H,4-9H2,1-3H3,(H,14,15). The summed E-state index contributed by atoms with van der Waals surface area (Å²) in [7, 11) is 1.71. The van der Waals surface area contributed by atoms with E-state index in [-0.39, 0.29) is 5.92 Å². The van der Waals surface area contributed by atoms with Gasteiger partial charge in [0.15, 0.2) is 0 Å². The van der Waals surface area contributed by atoms with Crippen LogP contribution >= 0.6 is 0 Å². The Bertz CT molecular complexity index is 171. The van der Waals surface area contributed by atoms with Gasteiger partial charge in [0.1, 0.15) is 6.04 Å². The lowest BCUT2D eigenvalue weighted by atomic mass is 9.95. The van der Waals surface area contributed by atoms with Gasteiger partial charge in [-0.3, -0.25) is 4.79 Å². The second-order valence-electron chi connectivity index (χ2n) is 4.28. The summed E-state index contributed by atoms with van der Waals surface area (Å²) < 4.78 is 0. The number of hydrogen-bond donors (Lipinski definition) is 2. The maximum absolute atomic E-state index is 10.8. The molecule has 0 bridgehead atoms. The summed E-state index contributed by atoms with van der Waals surface area (Å²) in [5.74, 6) is -0.521. The van der Waals surface area contributed by atoms with Gasteiger partial charge >= 0.3 is 5.97 Å². The molecule has 0 aromatic carbocycles. The molecular formula is C12H25NO2. The van der Waals surface area contributed by atoms with Gasteiger partial charge in [0, 0.05) is 0 Å². The predicted molar refractivity (Wildman–Crippen MR) is 63.0 cm³/mol. The molecule has 0 spiro atoms. The van der Waals surface area contributed by atoms with Crippen molar-refractivity contribution in [3.63, 3.8) is 0 Å². The molecule has 0 radical (unpaired) electrons. The summed E-state index contributed by atoms with van der Waals surface area (Å²) in [5, 5.41) is 11.8. The Balaban J connectivity index is 3.62. The lowest BCUT2D eigenvalue weighted by molar-refractivity contribution is -0.140. The second-order valence-corrected chi connectivity index (χ2v) is 4.28. The molecule has 0 amide bonds. The smallest absolute Gasteiger partial charge is 0.320 e. The van der Waals surface area contributed by atoms with Gasteiger partial charge in [-0.15, -0.1) is 0 Å². The lowest BCUT2D eigenvalue weighted by Gasteiger charge is -2.19. The van der Waals surface area contributed by atoms with Crippen molar-refractivity contribution in [3.8, 4) is 0 Å². The summed E-state index contributed by atoms with van der Waals surface area (Å²) in [6.45, 7) is 4.21. The van der Waals surface area contributed by atoms with Crippen molar-refractivity contribution in [3.05, 3.63) is 0 Å². The molecular weight excluding hydrogens is 190 g/mol. The highest BCUT2D eigenvalue weighted by Gasteiger charge is 2.21. The first kappa shape index (κ1) is 14.4. The van der Waals surface area contributed by atoms with Crippen LogP contribution in [0.5, 0.6) is 0 Å². The Morgan fingerprint density at radius 2 is 1.87 bits per heavy atom. The normalized spacial score (nSPS) is 14.9. The second kappa shape index (κ2) is 8.72. The molecule has 0 aromatic heterocycles. The minimum Gasteiger partial charge on any atom is -0.480 e. The maximum atomic E-state index is 10.8. The van der Waals surface area contributed by atoms with Gasteiger partial charge in [0.25, 0.3) is 0 Å². The number of carboxylic acid groups (broad SMARTS) is 1. The van der Waals surface area contributed by atoms with Crippen LogP contribution < -0.4 is 5.32 Å². The Labute approximate surface area is 93.3 Å². The van der Waals surface area contributed by atoms with E-state index in [1.165, 1.54) is 25.7 Å². The van der Waals surface area contributed by atoms with Crippen molar-refractivity contribution >= 4 is 5.97 Å². The summed E-state index contributed by atoms with van der Waals surface area (Å²) in [4.78, 5) is 10.8. The molecule has 2 unspecified atom stereocenters. The fourth-order valence-electron chi connectivity index (χ4n) is 1.89. The zero-order chi connectivity index (χ0) is 11.7. The van der Waals surface area contributed by atoms with Crippen LogP contribution in [-0.4, -0.2) is 24.2 Å². The monoisotopic (exact) mass is 215 g/mol. The zero-order valence-electron chi connectivity index (χ0n) is 10.3. The molecule has 3 heteroatoms. The van der Waals surface area contributed by atoms with Gasteiger partial charge in [0.2, 0.25) is 0 Å². The molecule has 0 rings (SSSR count). The molecule has 2 atom stereocenters. The van der Waals surface area contributed by atoms with E-state index in [0.717, 1.165) is 12.8 Å². The molecule has 2 N–H and O–H groups in total. The molecule has 0 saturated heterocycles. The quantitative estimate of drug-likeness (QED) is 0.581. The van der Waals surface area contributed by atoms with Crippen molar-refractivity contribution in [2.45, 2.75) is 58.4 Å². The highest BCUT2D eigenvalue weighted by atomic mass is 16.4. The minimum atomic E-state index is -0.737. The molecule has 0 aromatic rings. The average molecular weight is 215 g/mol. The van der Waals surface area contributed by atoms with Crippen LogP contribution in [0.2, 0.25) is 0 Å². The van der Waals surface area contributed by atoms with E-state index < -0.39 is 12.0 Å². The highest BCUT2D eigenvalue weighted by molar-refractivity contribution is 5.73. The van der Waals surface area contributed by atoms with Crippen LogP contribution in [0.3, 0.4) is 0 Å². The third-order valence-corrected chi connectivity index (χ3v) is 2.91. The van der Waals surface area contributed by atoms with E-state index in [1.54, 1.807) is 7.05 Å². The lowest BCUT2D eigenvalue weighted by Crippen LogP contribution is -2.39. The minimum absolute atomic E-state index is 0.217. The SMILES string of the molecule is CCCCCCCC(C)C(NC)C(=O)O. The Morgan fingerprint density at radius 3 is 2.33 bits per heavy atom. The van der Waals surface area contributed by atoms with E-state index >= 15 is 0 Å². The van der Waals surface area contributed by atoms with E-state index in [1.807, 2.05) is 6.92 Å².